The molecule has 0 aliphatic carbocycles. The van der Waals surface area contributed by atoms with Gasteiger partial charge in [0.05, 0.1) is 0 Å². The molecular weight excluding hydrogens is 512 g/mol. The zero-order valence-electron chi connectivity index (χ0n) is 22.8. The number of benzene rings is 7. The van der Waals surface area contributed by atoms with Crippen LogP contribution in [-0.4, -0.2) is 4.98 Å². The zero-order chi connectivity index (χ0) is 27.9. The van der Waals surface area contributed by atoms with E-state index >= 15 is 0 Å². The molecule has 42 heavy (non-hydrogen) atoms. The molecule has 3 nitrogen and oxygen atoms in total. The lowest BCUT2D eigenvalue weighted by Gasteiger charge is -2.26. The number of nitrogens with zero attached hydrogens (tertiary/aromatic N) is 2. The van der Waals surface area contributed by atoms with Crippen molar-refractivity contribution in [2.45, 2.75) is 0 Å². The van der Waals surface area contributed by atoms with Crippen molar-refractivity contribution in [2.24, 2.45) is 0 Å². The Morgan fingerprint density at radius 3 is 1.98 bits per heavy atom. The van der Waals surface area contributed by atoms with Gasteiger partial charge in [-0.05, 0) is 87.9 Å². The molecule has 1 heterocycles. The van der Waals surface area contributed by atoms with Crippen LogP contribution >= 0.6 is 0 Å². The van der Waals surface area contributed by atoms with Crippen LogP contribution < -0.4 is 4.90 Å². The molecule has 8 aromatic rings. The fourth-order valence-corrected chi connectivity index (χ4v) is 5.84. The smallest absolute Gasteiger partial charge is 0.227 e. The molecule has 0 aliphatic heterocycles. The van der Waals surface area contributed by atoms with E-state index in [0.717, 1.165) is 44.5 Å². The quantitative estimate of drug-likeness (QED) is 0.218. The van der Waals surface area contributed by atoms with Crippen LogP contribution in [-0.2, 0) is 0 Å². The van der Waals surface area contributed by atoms with E-state index in [4.69, 9.17) is 9.40 Å². The molecule has 0 saturated carbocycles. The van der Waals surface area contributed by atoms with E-state index in [1.807, 2.05) is 36.4 Å². The van der Waals surface area contributed by atoms with Crippen molar-refractivity contribution in [3.63, 3.8) is 0 Å². The van der Waals surface area contributed by atoms with Crippen LogP contribution in [0.3, 0.4) is 0 Å². The van der Waals surface area contributed by atoms with Crippen molar-refractivity contribution in [2.75, 3.05) is 4.90 Å². The Labute approximate surface area is 243 Å². The summed E-state index contributed by atoms with van der Waals surface area (Å²) >= 11 is 0. The van der Waals surface area contributed by atoms with E-state index in [0.29, 0.717) is 5.89 Å². The van der Waals surface area contributed by atoms with Gasteiger partial charge >= 0.3 is 0 Å². The fraction of sp³-hybridized carbons (Fsp3) is 0. The Morgan fingerprint density at radius 1 is 0.452 bits per heavy atom. The second kappa shape index (κ2) is 10.1. The molecule has 0 aliphatic rings. The number of rotatable bonds is 5. The summed E-state index contributed by atoms with van der Waals surface area (Å²) in [6.07, 6.45) is 0. The Balaban J connectivity index is 1.22. The van der Waals surface area contributed by atoms with Crippen molar-refractivity contribution in [3.8, 4) is 22.6 Å². The van der Waals surface area contributed by atoms with E-state index in [-0.39, 0.29) is 0 Å². The number of fused-ring (bicyclic) bond motifs is 4. The molecule has 0 bridgehead atoms. The molecule has 0 fully saturated rings. The van der Waals surface area contributed by atoms with Gasteiger partial charge in [0.15, 0.2) is 5.58 Å². The SMILES string of the molecule is c1ccc(-c2nc3ccc4cc(N(c5ccccc5)c5ccc(-c6cccc7ccccc67)cc5)ccc4c3o2)cc1. The fourth-order valence-electron chi connectivity index (χ4n) is 5.84. The molecule has 0 amide bonds. The highest BCUT2D eigenvalue weighted by atomic mass is 16.3. The van der Waals surface area contributed by atoms with Gasteiger partial charge in [-0.1, -0.05) is 97.1 Å². The molecule has 1 aromatic heterocycles. The average molecular weight is 539 g/mol. The van der Waals surface area contributed by atoms with E-state index in [2.05, 4.69) is 126 Å². The van der Waals surface area contributed by atoms with Crippen LogP contribution in [0.25, 0.3) is 55.2 Å². The summed E-state index contributed by atoms with van der Waals surface area (Å²) in [5.41, 5.74) is 8.35. The predicted molar refractivity (Wildman–Crippen MR) is 175 cm³/mol. The highest BCUT2D eigenvalue weighted by Gasteiger charge is 2.16. The number of oxazole rings is 1. The third-order valence-electron chi connectivity index (χ3n) is 7.87. The first-order valence-corrected chi connectivity index (χ1v) is 14.1. The molecule has 0 radical (unpaired) electrons. The number of para-hydroxylation sites is 1. The maximum Gasteiger partial charge on any atom is 0.227 e. The zero-order valence-corrected chi connectivity index (χ0v) is 22.8. The Kier molecular flexibility index (Phi) is 5.79. The summed E-state index contributed by atoms with van der Waals surface area (Å²) < 4.78 is 6.30. The van der Waals surface area contributed by atoms with E-state index in [1.165, 1.54) is 21.9 Å². The summed E-state index contributed by atoms with van der Waals surface area (Å²) in [5.74, 6) is 0.638. The second-order valence-electron chi connectivity index (χ2n) is 10.4. The van der Waals surface area contributed by atoms with Crippen molar-refractivity contribution < 1.29 is 4.42 Å². The summed E-state index contributed by atoms with van der Waals surface area (Å²) in [4.78, 5) is 7.06. The van der Waals surface area contributed by atoms with Gasteiger partial charge in [-0.25, -0.2) is 4.98 Å². The van der Waals surface area contributed by atoms with Gasteiger partial charge in [0, 0.05) is 28.0 Å². The molecule has 0 atom stereocenters. The normalized spacial score (nSPS) is 11.3. The summed E-state index contributed by atoms with van der Waals surface area (Å²) in [7, 11) is 0. The second-order valence-corrected chi connectivity index (χ2v) is 10.4. The Hall–Kier alpha value is -5.67. The van der Waals surface area contributed by atoms with Crippen LogP contribution in [0.15, 0.2) is 162 Å². The number of hydrogen-bond acceptors (Lipinski definition) is 3. The highest BCUT2D eigenvalue weighted by molar-refractivity contribution is 6.05. The monoisotopic (exact) mass is 538 g/mol. The van der Waals surface area contributed by atoms with Gasteiger partial charge in [-0.2, -0.15) is 0 Å². The van der Waals surface area contributed by atoms with Crippen LogP contribution in [0.2, 0.25) is 0 Å². The highest BCUT2D eigenvalue weighted by Crippen LogP contribution is 2.39. The maximum absolute atomic E-state index is 6.30. The molecule has 0 N–H and O–H groups in total. The molecule has 3 heteroatoms. The minimum atomic E-state index is 0.638. The van der Waals surface area contributed by atoms with E-state index < -0.39 is 0 Å². The van der Waals surface area contributed by atoms with Crippen LogP contribution in [0.5, 0.6) is 0 Å². The third kappa shape index (κ3) is 4.20. The van der Waals surface area contributed by atoms with Crippen LogP contribution in [0.1, 0.15) is 0 Å². The van der Waals surface area contributed by atoms with Crippen molar-refractivity contribution in [1.82, 2.24) is 4.98 Å². The van der Waals surface area contributed by atoms with Gasteiger partial charge in [0.1, 0.15) is 5.52 Å². The Bertz CT molecular complexity index is 2180. The lowest BCUT2D eigenvalue weighted by Crippen LogP contribution is -2.09. The lowest BCUT2D eigenvalue weighted by atomic mass is 9.98. The van der Waals surface area contributed by atoms with E-state index in [1.54, 1.807) is 0 Å². The first kappa shape index (κ1) is 24.2. The van der Waals surface area contributed by atoms with Crippen molar-refractivity contribution >= 4 is 49.7 Å². The van der Waals surface area contributed by atoms with Gasteiger partial charge in [0.25, 0.3) is 0 Å². The van der Waals surface area contributed by atoms with Crippen molar-refractivity contribution in [3.05, 3.63) is 158 Å². The molecular formula is C39H26N2O. The third-order valence-corrected chi connectivity index (χ3v) is 7.87. The number of aromatic nitrogens is 1. The van der Waals surface area contributed by atoms with E-state index in [9.17, 15) is 0 Å². The molecule has 0 spiro atoms. The lowest BCUT2D eigenvalue weighted by molar-refractivity contribution is 0.623. The average Bonchev–Trinajstić information content (AvgIpc) is 3.51. The van der Waals surface area contributed by atoms with Gasteiger partial charge in [-0.3, -0.25) is 0 Å². The minimum Gasteiger partial charge on any atom is -0.435 e. The molecule has 7 aromatic carbocycles. The molecule has 0 saturated heterocycles. The molecule has 198 valence electrons. The van der Waals surface area contributed by atoms with Crippen LogP contribution in [0, 0.1) is 0 Å². The van der Waals surface area contributed by atoms with Gasteiger partial charge < -0.3 is 9.32 Å². The Morgan fingerprint density at radius 2 is 1.14 bits per heavy atom. The van der Waals surface area contributed by atoms with Crippen molar-refractivity contribution in [1.29, 1.82) is 0 Å². The largest absolute Gasteiger partial charge is 0.435 e. The topological polar surface area (TPSA) is 29.3 Å². The predicted octanol–water partition coefficient (Wildman–Crippen LogP) is 10.9. The first-order valence-electron chi connectivity index (χ1n) is 14.1. The van der Waals surface area contributed by atoms with Crippen LogP contribution in [0.4, 0.5) is 17.1 Å². The standard InChI is InChI=1S/C39H26N2O/c1-3-11-29(12-4-1)39-40-37-25-20-30-26-33(23-24-36(30)38(37)42-39)41(31-14-5-2-6-15-31)32-21-18-28(19-22-32)35-17-9-13-27-10-7-8-16-34(27)35/h1-26H. The maximum atomic E-state index is 6.30. The van der Waals surface area contributed by atoms with Gasteiger partial charge in [0.2, 0.25) is 5.89 Å². The van der Waals surface area contributed by atoms with Gasteiger partial charge in [-0.15, -0.1) is 0 Å². The molecule has 8 rings (SSSR count). The number of hydrogen-bond donors (Lipinski definition) is 0. The summed E-state index contributed by atoms with van der Waals surface area (Å²) in [6, 6.07) is 55.2. The number of anilines is 3. The first-order chi connectivity index (χ1) is 20.8. The summed E-state index contributed by atoms with van der Waals surface area (Å²) in [6.45, 7) is 0. The molecule has 0 unspecified atom stereocenters. The minimum absolute atomic E-state index is 0.638. The summed E-state index contributed by atoms with van der Waals surface area (Å²) in [5, 5.41) is 4.66.